The summed E-state index contributed by atoms with van der Waals surface area (Å²) in [4.78, 5) is 0. The quantitative estimate of drug-likeness (QED) is 0.854. The highest BCUT2D eigenvalue weighted by molar-refractivity contribution is 7.91. The number of nitrogens with zero attached hydrogens (tertiary/aromatic N) is 1. The van der Waals surface area contributed by atoms with Crippen molar-refractivity contribution in [1.82, 2.24) is 9.10 Å². The van der Waals surface area contributed by atoms with E-state index in [2.05, 4.69) is 9.10 Å². The van der Waals surface area contributed by atoms with Crippen LogP contribution in [0.2, 0.25) is 0 Å². The molecule has 0 saturated heterocycles. The third-order valence-corrected chi connectivity index (χ3v) is 5.15. The third kappa shape index (κ3) is 1.97. The molecular weight excluding hydrogens is 220 g/mol. The van der Waals surface area contributed by atoms with Crippen LogP contribution in [-0.2, 0) is 10.0 Å². The van der Waals surface area contributed by atoms with Gasteiger partial charge in [-0.05, 0) is 37.4 Å². The molecule has 6 heteroatoms. The van der Waals surface area contributed by atoms with Crippen molar-refractivity contribution in [1.29, 1.82) is 0 Å². The van der Waals surface area contributed by atoms with Crippen LogP contribution in [0.3, 0.4) is 0 Å². The van der Waals surface area contributed by atoms with Crippen LogP contribution in [0, 0.1) is 6.92 Å². The Labute approximate surface area is 87.6 Å². The fourth-order valence-electron chi connectivity index (χ4n) is 1.27. The predicted octanol–water partition coefficient (Wildman–Crippen LogP) is 1.28. The van der Waals surface area contributed by atoms with Gasteiger partial charge in [0.15, 0.2) is 4.21 Å². The predicted molar refractivity (Wildman–Crippen MR) is 54.8 cm³/mol. The Kier molecular flexibility index (Phi) is 2.59. The molecule has 0 radical (unpaired) electrons. The number of hydrogen-bond donors (Lipinski definition) is 1. The zero-order valence-corrected chi connectivity index (χ0v) is 9.49. The van der Waals surface area contributed by atoms with Gasteiger partial charge in [-0.1, -0.05) is 6.42 Å². The van der Waals surface area contributed by atoms with Crippen LogP contribution in [0.15, 0.2) is 10.3 Å². The van der Waals surface area contributed by atoms with Gasteiger partial charge in [-0.3, -0.25) is 0 Å². The summed E-state index contributed by atoms with van der Waals surface area (Å²) in [5, 5.41) is 0. The highest BCUT2D eigenvalue weighted by atomic mass is 32.2. The molecule has 2 rings (SSSR count). The molecule has 1 saturated carbocycles. The molecule has 78 valence electrons. The van der Waals surface area contributed by atoms with Gasteiger partial charge < -0.3 is 0 Å². The second-order valence-electron chi connectivity index (χ2n) is 3.54. The Morgan fingerprint density at radius 1 is 1.57 bits per heavy atom. The maximum absolute atomic E-state index is 11.7. The minimum Gasteiger partial charge on any atom is -0.207 e. The van der Waals surface area contributed by atoms with Crippen molar-refractivity contribution in [3.63, 3.8) is 0 Å². The second-order valence-corrected chi connectivity index (χ2v) is 6.28. The van der Waals surface area contributed by atoms with E-state index in [1.807, 2.05) is 0 Å². The molecular formula is C8H12N2O2S2. The summed E-state index contributed by atoms with van der Waals surface area (Å²) in [6, 6.07) is 1.74. The van der Waals surface area contributed by atoms with Gasteiger partial charge in [0, 0.05) is 6.04 Å². The highest BCUT2D eigenvalue weighted by Crippen LogP contribution is 2.22. The molecule has 0 amide bonds. The van der Waals surface area contributed by atoms with Gasteiger partial charge in [-0.25, -0.2) is 13.1 Å². The minimum absolute atomic E-state index is 0.141. The zero-order valence-electron chi connectivity index (χ0n) is 7.86. The van der Waals surface area contributed by atoms with Gasteiger partial charge in [-0.2, -0.15) is 4.37 Å². The Morgan fingerprint density at radius 3 is 2.71 bits per heavy atom. The summed E-state index contributed by atoms with van der Waals surface area (Å²) in [6.45, 7) is 1.79. The molecule has 1 N–H and O–H groups in total. The van der Waals surface area contributed by atoms with Crippen LogP contribution in [0.1, 0.15) is 25.0 Å². The van der Waals surface area contributed by atoms with E-state index in [0.717, 1.165) is 36.5 Å². The van der Waals surface area contributed by atoms with E-state index in [0.29, 0.717) is 4.21 Å². The Morgan fingerprint density at radius 2 is 2.29 bits per heavy atom. The summed E-state index contributed by atoms with van der Waals surface area (Å²) < 4.78 is 30.4. The SMILES string of the molecule is Cc1cc(S(=O)(=O)NC2CCC2)sn1. The van der Waals surface area contributed by atoms with E-state index < -0.39 is 10.0 Å². The molecule has 0 bridgehead atoms. The minimum atomic E-state index is -3.29. The van der Waals surface area contributed by atoms with E-state index >= 15 is 0 Å². The van der Waals surface area contributed by atoms with Crippen LogP contribution in [0.5, 0.6) is 0 Å². The standard InChI is InChI=1S/C8H12N2O2S2/c1-6-5-8(13-9-6)14(11,12)10-7-3-2-4-7/h5,7,10H,2-4H2,1H3. The summed E-state index contributed by atoms with van der Waals surface area (Å²) in [7, 11) is -3.29. The fraction of sp³-hybridized carbons (Fsp3) is 0.625. The molecule has 1 fully saturated rings. The topological polar surface area (TPSA) is 59.1 Å². The summed E-state index contributed by atoms with van der Waals surface area (Å²) >= 11 is 1.03. The summed E-state index contributed by atoms with van der Waals surface area (Å²) in [5.74, 6) is 0. The monoisotopic (exact) mass is 232 g/mol. The number of hydrogen-bond acceptors (Lipinski definition) is 4. The Balaban J connectivity index is 2.15. The number of rotatable bonds is 3. The molecule has 4 nitrogen and oxygen atoms in total. The normalized spacial score (nSPS) is 18.1. The van der Waals surface area contributed by atoms with Gasteiger partial charge in [0.25, 0.3) is 10.0 Å². The van der Waals surface area contributed by atoms with E-state index in [-0.39, 0.29) is 6.04 Å². The number of aryl methyl sites for hydroxylation is 1. The molecule has 1 aromatic rings. The molecule has 0 atom stereocenters. The van der Waals surface area contributed by atoms with Crippen LogP contribution in [-0.4, -0.2) is 18.8 Å². The summed E-state index contributed by atoms with van der Waals surface area (Å²) in [6.07, 6.45) is 3.03. The molecule has 1 aliphatic carbocycles. The molecule has 14 heavy (non-hydrogen) atoms. The van der Waals surface area contributed by atoms with Crippen molar-refractivity contribution in [3.05, 3.63) is 11.8 Å². The van der Waals surface area contributed by atoms with Crippen molar-refractivity contribution in [2.75, 3.05) is 0 Å². The number of aromatic nitrogens is 1. The molecule has 1 aromatic heterocycles. The first-order valence-corrected chi connectivity index (χ1v) is 6.79. The van der Waals surface area contributed by atoms with Crippen molar-refractivity contribution < 1.29 is 8.42 Å². The number of nitrogens with one attached hydrogen (secondary N) is 1. The molecule has 0 spiro atoms. The lowest BCUT2D eigenvalue weighted by Crippen LogP contribution is -2.39. The first-order valence-electron chi connectivity index (χ1n) is 4.53. The molecule has 0 aromatic carbocycles. The average Bonchev–Trinajstić information content (AvgIpc) is 2.45. The van der Waals surface area contributed by atoms with E-state index in [1.54, 1.807) is 13.0 Å². The van der Waals surface area contributed by atoms with Gasteiger partial charge in [0.05, 0.1) is 5.69 Å². The van der Waals surface area contributed by atoms with Crippen molar-refractivity contribution in [2.45, 2.75) is 36.4 Å². The first kappa shape index (κ1) is 10.1. The maximum Gasteiger partial charge on any atom is 0.251 e. The largest absolute Gasteiger partial charge is 0.251 e. The van der Waals surface area contributed by atoms with Crippen LogP contribution >= 0.6 is 11.5 Å². The van der Waals surface area contributed by atoms with E-state index in [4.69, 9.17) is 0 Å². The maximum atomic E-state index is 11.7. The van der Waals surface area contributed by atoms with Crippen LogP contribution in [0.25, 0.3) is 0 Å². The van der Waals surface area contributed by atoms with Gasteiger partial charge in [0.2, 0.25) is 0 Å². The van der Waals surface area contributed by atoms with Gasteiger partial charge in [-0.15, -0.1) is 0 Å². The third-order valence-electron chi connectivity index (χ3n) is 2.30. The molecule has 1 aliphatic rings. The first-order chi connectivity index (χ1) is 6.58. The van der Waals surface area contributed by atoms with Gasteiger partial charge >= 0.3 is 0 Å². The van der Waals surface area contributed by atoms with Crippen LogP contribution in [0.4, 0.5) is 0 Å². The van der Waals surface area contributed by atoms with Crippen molar-refractivity contribution in [3.8, 4) is 0 Å². The van der Waals surface area contributed by atoms with Crippen molar-refractivity contribution in [2.24, 2.45) is 0 Å². The van der Waals surface area contributed by atoms with Crippen LogP contribution < -0.4 is 4.72 Å². The lowest BCUT2D eigenvalue weighted by Gasteiger charge is -2.25. The van der Waals surface area contributed by atoms with E-state index in [1.165, 1.54) is 0 Å². The lowest BCUT2D eigenvalue weighted by molar-refractivity contribution is 0.384. The zero-order chi connectivity index (χ0) is 10.2. The number of sulfonamides is 1. The fourth-order valence-corrected chi connectivity index (χ4v) is 3.55. The van der Waals surface area contributed by atoms with Gasteiger partial charge in [0.1, 0.15) is 0 Å². The Hall–Kier alpha value is -0.460. The van der Waals surface area contributed by atoms with Crippen molar-refractivity contribution >= 4 is 21.6 Å². The molecule has 1 heterocycles. The molecule has 0 unspecified atom stereocenters. The average molecular weight is 232 g/mol. The summed E-state index contributed by atoms with van der Waals surface area (Å²) in [5.41, 5.74) is 0.754. The highest BCUT2D eigenvalue weighted by Gasteiger charge is 2.25. The smallest absolute Gasteiger partial charge is 0.207 e. The lowest BCUT2D eigenvalue weighted by atomic mass is 9.94. The molecule has 0 aliphatic heterocycles. The van der Waals surface area contributed by atoms with E-state index in [9.17, 15) is 8.42 Å². The second kappa shape index (κ2) is 3.60. The Bertz CT molecular complexity index is 420.